The molecule has 1 atom stereocenters. The van der Waals surface area contributed by atoms with Crippen molar-refractivity contribution in [3.63, 3.8) is 0 Å². The van der Waals surface area contributed by atoms with Crippen molar-refractivity contribution < 1.29 is 27.6 Å². The van der Waals surface area contributed by atoms with Gasteiger partial charge in [-0.3, -0.25) is 14.9 Å². The maximum absolute atomic E-state index is 13.7. The minimum Gasteiger partial charge on any atom is -0.480 e. The summed E-state index contributed by atoms with van der Waals surface area (Å²) in [6.07, 6.45) is 0.0188. The van der Waals surface area contributed by atoms with E-state index < -0.39 is 43.4 Å². The molecule has 0 amide bonds. The van der Waals surface area contributed by atoms with Crippen molar-refractivity contribution in [2.75, 3.05) is 0 Å². The predicted molar refractivity (Wildman–Crippen MR) is 79.0 cm³/mol. The van der Waals surface area contributed by atoms with E-state index in [9.17, 15) is 27.7 Å². The van der Waals surface area contributed by atoms with Gasteiger partial charge < -0.3 is 5.11 Å². The van der Waals surface area contributed by atoms with Gasteiger partial charge in [-0.15, -0.1) is 0 Å². The SMILES string of the molecule is Cc1c(F)cc(S(=O)(=O)N[C@H](CC(C)C)C(=O)O)cc1[N+](=O)[O-]. The number of aliphatic carboxylic acids is 1. The monoisotopic (exact) mass is 348 g/mol. The first-order valence-electron chi connectivity index (χ1n) is 6.65. The van der Waals surface area contributed by atoms with Crippen LogP contribution < -0.4 is 4.72 Å². The molecule has 10 heteroatoms. The number of rotatable bonds is 7. The van der Waals surface area contributed by atoms with Gasteiger partial charge in [-0.25, -0.2) is 12.8 Å². The number of carboxylic acids is 1. The smallest absolute Gasteiger partial charge is 0.321 e. The molecule has 0 bridgehead atoms. The van der Waals surface area contributed by atoms with Crippen molar-refractivity contribution in [3.05, 3.63) is 33.6 Å². The summed E-state index contributed by atoms with van der Waals surface area (Å²) in [5.41, 5.74) is -0.993. The summed E-state index contributed by atoms with van der Waals surface area (Å²) >= 11 is 0. The molecule has 1 rings (SSSR count). The van der Waals surface area contributed by atoms with Crippen LogP contribution in [0.3, 0.4) is 0 Å². The molecule has 23 heavy (non-hydrogen) atoms. The Kier molecular flexibility index (Phi) is 5.78. The molecule has 0 aliphatic carbocycles. The number of hydrogen-bond acceptors (Lipinski definition) is 5. The van der Waals surface area contributed by atoms with Crippen LogP contribution in [-0.4, -0.2) is 30.5 Å². The quantitative estimate of drug-likeness (QED) is 0.571. The normalized spacial score (nSPS) is 13.1. The van der Waals surface area contributed by atoms with Gasteiger partial charge in [0.25, 0.3) is 5.69 Å². The Labute approximate surface area is 132 Å². The Morgan fingerprint density at radius 3 is 2.43 bits per heavy atom. The average molecular weight is 348 g/mol. The number of hydrogen-bond donors (Lipinski definition) is 2. The van der Waals surface area contributed by atoms with Crippen molar-refractivity contribution in [3.8, 4) is 0 Å². The van der Waals surface area contributed by atoms with Crippen LogP contribution >= 0.6 is 0 Å². The molecule has 0 heterocycles. The fourth-order valence-electron chi connectivity index (χ4n) is 1.91. The van der Waals surface area contributed by atoms with Gasteiger partial charge in [0.1, 0.15) is 11.9 Å². The Morgan fingerprint density at radius 1 is 1.43 bits per heavy atom. The summed E-state index contributed by atoms with van der Waals surface area (Å²) < 4.78 is 40.1. The van der Waals surface area contributed by atoms with Crippen molar-refractivity contribution in [1.82, 2.24) is 4.72 Å². The zero-order valence-corrected chi connectivity index (χ0v) is 13.6. The van der Waals surface area contributed by atoms with Gasteiger partial charge in [-0.05, 0) is 25.3 Å². The first-order valence-corrected chi connectivity index (χ1v) is 8.13. The third-order valence-electron chi connectivity index (χ3n) is 3.10. The summed E-state index contributed by atoms with van der Waals surface area (Å²) in [4.78, 5) is 20.4. The number of carbonyl (C=O) groups is 1. The van der Waals surface area contributed by atoms with E-state index in [1.54, 1.807) is 13.8 Å². The van der Waals surface area contributed by atoms with Crippen molar-refractivity contribution >= 4 is 21.7 Å². The number of benzene rings is 1. The van der Waals surface area contributed by atoms with Crippen molar-refractivity contribution in [1.29, 1.82) is 0 Å². The summed E-state index contributed by atoms with van der Waals surface area (Å²) in [6, 6.07) is -0.0861. The van der Waals surface area contributed by atoms with E-state index in [2.05, 4.69) is 0 Å². The second-order valence-electron chi connectivity index (χ2n) is 5.45. The first-order chi connectivity index (χ1) is 10.5. The van der Waals surface area contributed by atoms with E-state index in [4.69, 9.17) is 5.11 Å². The zero-order chi connectivity index (χ0) is 17.9. The highest BCUT2D eigenvalue weighted by Gasteiger charge is 2.28. The molecule has 0 spiro atoms. The summed E-state index contributed by atoms with van der Waals surface area (Å²) in [7, 11) is -4.42. The number of nitrogens with one attached hydrogen (secondary N) is 1. The van der Waals surface area contributed by atoms with E-state index in [0.717, 1.165) is 6.92 Å². The van der Waals surface area contributed by atoms with Crippen LogP contribution in [0.1, 0.15) is 25.8 Å². The second-order valence-corrected chi connectivity index (χ2v) is 7.16. The van der Waals surface area contributed by atoms with E-state index in [-0.39, 0.29) is 17.9 Å². The van der Waals surface area contributed by atoms with Gasteiger partial charge in [0.2, 0.25) is 10.0 Å². The Morgan fingerprint density at radius 2 is 2.00 bits per heavy atom. The highest BCUT2D eigenvalue weighted by atomic mass is 32.2. The lowest BCUT2D eigenvalue weighted by Gasteiger charge is -2.16. The molecular formula is C13H17FN2O6S. The van der Waals surface area contributed by atoms with Gasteiger partial charge in [-0.2, -0.15) is 4.72 Å². The number of nitrogens with zero attached hydrogens (tertiary/aromatic N) is 1. The largest absolute Gasteiger partial charge is 0.480 e. The molecule has 2 N–H and O–H groups in total. The van der Waals surface area contributed by atoms with Crippen molar-refractivity contribution in [2.45, 2.75) is 38.1 Å². The maximum Gasteiger partial charge on any atom is 0.321 e. The molecule has 0 fully saturated rings. The molecule has 0 unspecified atom stereocenters. The molecule has 0 aliphatic heterocycles. The summed E-state index contributed by atoms with van der Waals surface area (Å²) in [5, 5.41) is 19.9. The standard InChI is InChI=1S/C13H17FN2O6S/c1-7(2)4-11(13(17)18)15-23(21,22)9-5-10(14)8(3)12(6-9)16(19)20/h5-7,11,15H,4H2,1-3H3,(H,17,18)/t11-/m1/s1. The fraction of sp³-hybridized carbons (Fsp3) is 0.462. The molecule has 0 saturated heterocycles. The van der Waals surface area contributed by atoms with E-state index >= 15 is 0 Å². The Hall–Kier alpha value is -2.07. The minimum atomic E-state index is -4.42. The van der Waals surface area contributed by atoms with Crippen molar-refractivity contribution in [2.24, 2.45) is 5.92 Å². The van der Waals surface area contributed by atoms with Gasteiger partial charge in [-0.1, -0.05) is 13.8 Å². The van der Waals surface area contributed by atoms with E-state index in [0.29, 0.717) is 12.1 Å². The third-order valence-corrected chi connectivity index (χ3v) is 4.55. The number of nitro groups is 1. The topological polar surface area (TPSA) is 127 Å². The molecule has 0 radical (unpaired) electrons. The Bertz CT molecular complexity index is 732. The lowest BCUT2D eigenvalue weighted by Crippen LogP contribution is -2.41. The molecular weight excluding hydrogens is 331 g/mol. The van der Waals surface area contributed by atoms with E-state index in [1.165, 1.54) is 0 Å². The first kappa shape index (κ1) is 19.0. The van der Waals surface area contributed by atoms with Gasteiger partial charge >= 0.3 is 5.97 Å². The number of nitro benzene ring substituents is 1. The Balaban J connectivity index is 3.28. The van der Waals surface area contributed by atoms with Gasteiger partial charge in [0, 0.05) is 6.07 Å². The zero-order valence-electron chi connectivity index (χ0n) is 12.7. The van der Waals surface area contributed by atoms with Crippen LogP contribution in [-0.2, 0) is 14.8 Å². The van der Waals surface area contributed by atoms with Crippen LogP contribution in [0, 0.1) is 28.8 Å². The van der Waals surface area contributed by atoms with Crippen LogP contribution in [0.5, 0.6) is 0 Å². The molecule has 128 valence electrons. The van der Waals surface area contributed by atoms with Crippen LogP contribution in [0.2, 0.25) is 0 Å². The summed E-state index contributed by atoms with van der Waals surface area (Å²) in [6.45, 7) is 4.57. The molecule has 1 aromatic rings. The number of halogens is 1. The summed E-state index contributed by atoms with van der Waals surface area (Å²) in [5.74, 6) is -2.55. The molecule has 8 nitrogen and oxygen atoms in total. The molecule has 0 saturated carbocycles. The minimum absolute atomic E-state index is 0.0188. The maximum atomic E-state index is 13.7. The van der Waals surface area contributed by atoms with Crippen LogP contribution in [0.15, 0.2) is 17.0 Å². The highest BCUT2D eigenvalue weighted by Crippen LogP contribution is 2.25. The highest BCUT2D eigenvalue weighted by molar-refractivity contribution is 7.89. The van der Waals surface area contributed by atoms with Gasteiger partial charge in [0.15, 0.2) is 0 Å². The average Bonchev–Trinajstić information content (AvgIpc) is 2.39. The molecule has 1 aromatic carbocycles. The second kappa shape index (κ2) is 7.01. The van der Waals surface area contributed by atoms with Crippen LogP contribution in [0.4, 0.5) is 10.1 Å². The number of sulfonamides is 1. The number of carboxylic acid groups (broad SMARTS) is 1. The predicted octanol–water partition coefficient (Wildman–Crippen LogP) is 1.82. The van der Waals surface area contributed by atoms with E-state index in [1.807, 2.05) is 4.72 Å². The molecule has 0 aliphatic rings. The fourth-order valence-corrected chi connectivity index (χ4v) is 3.14. The van der Waals surface area contributed by atoms with Gasteiger partial charge in [0.05, 0.1) is 15.4 Å². The lowest BCUT2D eigenvalue weighted by atomic mass is 10.1. The third kappa shape index (κ3) is 4.70. The molecule has 0 aromatic heterocycles. The lowest BCUT2D eigenvalue weighted by molar-refractivity contribution is -0.385. The van der Waals surface area contributed by atoms with Crippen LogP contribution in [0.25, 0.3) is 0 Å².